The first-order valence-corrected chi connectivity index (χ1v) is 8.85. The van der Waals surface area contributed by atoms with E-state index < -0.39 is 5.41 Å². The van der Waals surface area contributed by atoms with Gasteiger partial charge in [-0.15, -0.1) is 24.8 Å². The van der Waals surface area contributed by atoms with E-state index in [2.05, 4.69) is 43.0 Å². The van der Waals surface area contributed by atoms with E-state index >= 15 is 0 Å². The fourth-order valence-electron chi connectivity index (χ4n) is 3.61. The van der Waals surface area contributed by atoms with Gasteiger partial charge in [0.2, 0.25) is 5.91 Å². The third-order valence-corrected chi connectivity index (χ3v) is 5.58. The van der Waals surface area contributed by atoms with Gasteiger partial charge in [-0.2, -0.15) is 0 Å². The minimum Gasteiger partial charge on any atom is -0.369 e. The standard InChI is InChI=1S/C19H31N3O.2ClH/c1-4-19(5-2,15-20)18(23)21(3)17-12-9-13-22(14-17)16-10-7-6-8-11-16;;/h6-8,10-11,17H,4-5,9,12-15,20H2,1-3H3;2*1H. The topological polar surface area (TPSA) is 49.6 Å². The maximum absolute atomic E-state index is 13.0. The van der Waals surface area contributed by atoms with Crippen molar-refractivity contribution in [2.45, 2.75) is 45.6 Å². The number of hydrogen-bond donors (Lipinski definition) is 1. The van der Waals surface area contributed by atoms with Crippen LogP contribution in [-0.2, 0) is 4.79 Å². The van der Waals surface area contributed by atoms with Gasteiger partial charge in [-0.05, 0) is 37.8 Å². The van der Waals surface area contributed by atoms with Crippen LogP contribution in [0.2, 0.25) is 0 Å². The normalized spacial score (nSPS) is 17.3. The predicted molar refractivity (Wildman–Crippen MR) is 111 cm³/mol. The zero-order chi connectivity index (χ0) is 16.9. The van der Waals surface area contributed by atoms with E-state index in [0.29, 0.717) is 6.54 Å². The van der Waals surface area contributed by atoms with E-state index in [1.807, 2.05) is 18.0 Å². The van der Waals surface area contributed by atoms with Crippen LogP contribution in [0.3, 0.4) is 0 Å². The molecular formula is C19H33Cl2N3O. The first-order chi connectivity index (χ1) is 11.1. The summed E-state index contributed by atoms with van der Waals surface area (Å²) >= 11 is 0. The number of hydrogen-bond acceptors (Lipinski definition) is 3. The number of carbonyl (C=O) groups is 1. The van der Waals surface area contributed by atoms with Crippen molar-refractivity contribution in [1.29, 1.82) is 0 Å². The first-order valence-electron chi connectivity index (χ1n) is 8.85. The molecule has 0 aliphatic carbocycles. The molecule has 1 saturated heterocycles. The highest BCUT2D eigenvalue weighted by Crippen LogP contribution is 2.30. The molecule has 0 radical (unpaired) electrons. The Morgan fingerprint density at radius 3 is 2.36 bits per heavy atom. The average Bonchev–Trinajstić information content (AvgIpc) is 2.63. The second-order valence-electron chi connectivity index (χ2n) is 6.69. The minimum atomic E-state index is -0.399. The summed E-state index contributed by atoms with van der Waals surface area (Å²) in [4.78, 5) is 17.4. The zero-order valence-corrected chi connectivity index (χ0v) is 17.2. The molecule has 1 aromatic rings. The van der Waals surface area contributed by atoms with E-state index in [1.54, 1.807) is 0 Å². The molecule has 1 aliphatic rings. The fraction of sp³-hybridized carbons (Fsp3) is 0.632. The maximum atomic E-state index is 13.0. The Labute approximate surface area is 164 Å². The van der Waals surface area contributed by atoms with Crippen LogP contribution < -0.4 is 10.6 Å². The number of nitrogens with two attached hydrogens (primary N) is 1. The maximum Gasteiger partial charge on any atom is 0.230 e. The lowest BCUT2D eigenvalue weighted by Gasteiger charge is -2.42. The summed E-state index contributed by atoms with van der Waals surface area (Å²) in [6.07, 6.45) is 3.79. The van der Waals surface area contributed by atoms with Crippen molar-refractivity contribution in [3.8, 4) is 0 Å². The van der Waals surface area contributed by atoms with Crippen molar-refractivity contribution in [3.05, 3.63) is 30.3 Å². The number of piperidine rings is 1. The molecule has 25 heavy (non-hydrogen) atoms. The molecule has 1 fully saturated rings. The van der Waals surface area contributed by atoms with Crippen LogP contribution in [0, 0.1) is 5.41 Å². The Hall–Kier alpha value is -0.970. The van der Waals surface area contributed by atoms with Gasteiger partial charge in [0.15, 0.2) is 0 Å². The molecule has 1 aliphatic heterocycles. The van der Waals surface area contributed by atoms with E-state index in [-0.39, 0.29) is 36.8 Å². The van der Waals surface area contributed by atoms with Gasteiger partial charge in [0.25, 0.3) is 0 Å². The van der Waals surface area contributed by atoms with Gasteiger partial charge in [0.1, 0.15) is 0 Å². The van der Waals surface area contributed by atoms with E-state index in [9.17, 15) is 4.79 Å². The van der Waals surface area contributed by atoms with Crippen molar-refractivity contribution in [2.24, 2.45) is 11.1 Å². The second-order valence-corrected chi connectivity index (χ2v) is 6.69. The number of amides is 1. The van der Waals surface area contributed by atoms with Gasteiger partial charge >= 0.3 is 0 Å². The van der Waals surface area contributed by atoms with Gasteiger partial charge in [0.05, 0.1) is 5.41 Å². The second kappa shape index (κ2) is 10.9. The van der Waals surface area contributed by atoms with E-state index in [4.69, 9.17) is 5.73 Å². The molecule has 1 heterocycles. The van der Waals surface area contributed by atoms with Gasteiger partial charge in [-0.3, -0.25) is 4.79 Å². The third-order valence-electron chi connectivity index (χ3n) is 5.58. The molecule has 4 nitrogen and oxygen atoms in total. The number of carbonyl (C=O) groups excluding carboxylic acids is 1. The largest absolute Gasteiger partial charge is 0.369 e. The SMILES string of the molecule is CCC(CC)(CN)C(=O)N(C)C1CCCN(c2ccccc2)C1.Cl.Cl. The Morgan fingerprint density at radius 1 is 1.24 bits per heavy atom. The number of rotatable bonds is 6. The number of likely N-dealkylation sites (N-methyl/N-ethyl adjacent to an activating group) is 1. The van der Waals surface area contributed by atoms with Crippen molar-refractivity contribution < 1.29 is 4.79 Å². The Kier molecular flexibility index (Phi) is 10.5. The van der Waals surface area contributed by atoms with Gasteiger partial charge in [-0.25, -0.2) is 0 Å². The molecule has 0 aromatic heterocycles. The summed E-state index contributed by atoms with van der Waals surface area (Å²) in [7, 11) is 1.96. The van der Waals surface area contributed by atoms with Gasteiger partial charge < -0.3 is 15.5 Å². The molecule has 1 aromatic carbocycles. The summed E-state index contributed by atoms with van der Waals surface area (Å²) in [5, 5.41) is 0. The van der Waals surface area contributed by atoms with Crippen LogP contribution in [0.25, 0.3) is 0 Å². The molecule has 0 bridgehead atoms. The predicted octanol–water partition coefficient (Wildman–Crippen LogP) is 3.72. The van der Waals surface area contributed by atoms with Crippen LogP contribution in [-0.4, -0.2) is 43.5 Å². The van der Waals surface area contributed by atoms with Crippen LogP contribution in [0.5, 0.6) is 0 Å². The van der Waals surface area contributed by atoms with Gasteiger partial charge in [0, 0.05) is 38.4 Å². The molecule has 2 N–H and O–H groups in total. The quantitative estimate of drug-likeness (QED) is 0.806. The molecule has 6 heteroatoms. The lowest BCUT2D eigenvalue weighted by Crippen LogP contribution is -2.54. The van der Waals surface area contributed by atoms with Gasteiger partial charge in [-0.1, -0.05) is 32.0 Å². The molecule has 144 valence electrons. The van der Waals surface area contributed by atoms with Crippen molar-refractivity contribution in [1.82, 2.24) is 4.90 Å². The third kappa shape index (κ3) is 5.25. The van der Waals surface area contributed by atoms with Crippen LogP contribution in [0.4, 0.5) is 5.69 Å². The first kappa shape index (κ1) is 24.0. The fourth-order valence-corrected chi connectivity index (χ4v) is 3.61. The summed E-state index contributed by atoms with van der Waals surface area (Å²) in [5.41, 5.74) is 6.80. The number of halogens is 2. The van der Waals surface area contributed by atoms with E-state index in [1.165, 1.54) is 5.69 Å². The number of nitrogens with zero attached hydrogens (tertiary/aromatic N) is 2. The number of anilines is 1. The van der Waals surface area contributed by atoms with Crippen LogP contribution >= 0.6 is 24.8 Å². The van der Waals surface area contributed by atoms with Crippen molar-refractivity contribution in [2.75, 3.05) is 31.6 Å². The molecule has 0 saturated carbocycles. The Morgan fingerprint density at radius 2 is 1.84 bits per heavy atom. The molecular weight excluding hydrogens is 357 g/mol. The summed E-state index contributed by atoms with van der Waals surface area (Å²) in [6, 6.07) is 10.7. The highest BCUT2D eigenvalue weighted by Gasteiger charge is 2.38. The summed E-state index contributed by atoms with van der Waals surface area (Å²) in [6.45, 7) is 6.53. The zero-order valence-electron chi connectivity index (χ0n) is 15.6. The average molecular weight is 390 g/mol. The molecule has 1 atom stereocenters. The smallest absolute Gasteiger partial charge is 0.230 e. The van der Waals surface area contributed by atoms with Crippen molar-refractivity contribution >= 4 is 36.4 Å². The lowest BCUT2D eigenvalue weighted by molar-refractivity contribution is -0.143. The Balaban J connectivity index is 0.00000288. The molecule has 0 spiro atoms. The number of para-hydroxylation sites is 1. The van der Waals surface area contributed by atoms with E-state index in [0.717, 1.165) is 38.8 Å². The highest BCUT2D eigenvalue weighted by atomic mass is 35.5. The minimum absolute atomic E-state index is 0. The summed E-state index contributed by atoms with van der Waals surface area (Å²) in [5.74, 6) is 0.213. The van der Waals surface area contributed by atoms with Crippen LogP contribution in [0.15, 0.2) is 30.3 Å². The highest BCUT2D eigenvalue weighted by molar-refractivity contribution is 5.85. The molecule has 1 unspecified atom stereocenters. The lowest BCUT2D eigenvalue weighted by atomic mass is 9.80. The Bertz CT molecular complexity index is 500. The molecule has 2 rings (SSSR count). The number of benzene rings is 1. The van der Waals surface area contributed by atoms with Crippen LogP contribution in [0.1, 0.15) is 39.5 Å². The summed E-state index contributed by atoms with van der Waals surface area (Å²) < 4.78 is 0. The molecule has 1 amide bonds. The monoisotopic (exact) mass is 389 g/mol. The van der Waals surface area contributed by atoms with Crippen molar-refractivity contribution in [3.63, 3.8) is 0 Å².